The molecule has 2 saturated heterocycles. The van der Waals surface area contributed by atoms with Crippen molar-refractivity contribution in [3.8, 4) is 10.7 Å². The molecule has 2 aliphatic rings. The molecule has 35 heavy (non-hydrogen) atoms. The van der Waals surface area contributed by atoms with E-state index in [9.17, 15) is 14.9 Å². The van der Waals surface area contributed by atoms with E-state index < -0.39 is 4.92 Å². The molecule has 2 aromatic heterocycles. The zero-order valence-electron chi connectivity index (χ0n) is 19.6. The molecular weight excluding hydrogens is 468 g/mol. The third kappa shape index (κ3) is 5.20. The maximum atomic E-state index is 13.5. The molecule has 0 bridgehead atoms. The molecule has 0 atom stereocenters. The number of carbonyl (C=O) groups is 1. The first kappa shape index (κ1) is 23.4. The highest BCUT2D eigenvalue weighted by Crippen LogP contribution is 2.30. The SMILES string of the molecule is CC1CCN(c2ccc([N+](=O)[O-])cc2C(=O)N2CCN(Cc3nc(-c4cccs4)no3)CC2)CC1. The molecule has 0 N–H and O–H groups in total. The Morgan fingerprint density at radius 2 is 1.94 bits per heavy atom. The van der Waals surface area contributed by atoms with Gasteiger partial charge in [0.15, 0.2) is 0 Å². The summed E-state index contributed by atoms with van der Waals surface area (Å²) in [4.78, 5) is 36.1. The summed E-state index contributed by atoms with van der Waals surface area (Å²) < 4.78 is 5.41. The summed E-state index contributed by atoms with van der Waals surface area (Å²) in [6.07, 6.45) is 2.10. The Kier molecular flexibility index (Phi) is 6.78. The Labute approximate surface area is 207 Å². The van der Waals surface area contributed by atoms with Crippen LogP contribution in [0.15, 0.2) is 40.2 Å². The first-order valence-electron chi connectivity index (χ1n) is 11.9. The number of benzene rings is 1. The summed E-state index contributed by atoms with van der Waals surface area (Å²) >= 11 is 1.56. The smallest absolute Gasteiger partial charge is 0.270 e. The van der Waals surface area contributed by atoms with Gasteiger partial charge < -0.3 is 14.3 Å². The predicted octanol–water partition coefficient (Wildman–Crippen LogP) is 3.90. The van der Waals surface area contributed by atoms with Crippen molar-refractivity contribution in [3.63, 3.8) is 0 Å². The third-order valence-corrected chi connectivity index (χ3v) is 7.64. The van der Waals surface area contributed by atoms with Crippen molar-refractivity contribution in [2.45, 2.75) is 26.3 Å². The standard InChI is InChI=1S/C24H28N6O4S/c1-17-6-8-28(9-7-17)20-5-4-18(30(32)33)15-19(20)24(31)29-12-10-27(11-13-29)16-22-25-23(26-34-22)21-3-2-14-35-21/h2-5,14-15,17H,6-13,16H2,1H3. The molecular formula is C24H28N6O4S. The number of non-ortho nitro benzene ring substituents is 1. The molecule has 1 aromatic carbocycles. The fourth-order valence-electron chi connectivity index (χ4n) is 4.63. The molecule has 0 aliphatic carbocycles. The first-order valence-corrected chi connectivity index (χ1v) is 12.8. The van der Waals surface area contributed by atoms with Crippen molar-refractivity contribution in [1.82, 2.24) is 19.9 Å². The number of aromatic nitrogens is 2. The first-order chi connectivity index (χ1) is 17.0. The van der Waals surface area contributed by atoms with Gasteiger partial charge in [-0.15, -0.1) is 11.3 Å². The number of hydrogen-bond acceptors (Lipinski definition) is 9. The summed E-state index contributed by atoms with van der Waals surface area (Å²) in [6.45, 7) is 6.84. The normalized spacial score (nSPS) is 17.6. The summed E-state index contributed by atoms with van der Waals surface area (Å²) in [7, 11) is 0. The van der Waals surface area contributed by atoms with E-state index in [0.29, 0.717) is 55.9 Å². The number of nitrogens with zero attached hydrogens (tertiary/aromatic N) is 6. The molecule has 10 nitrogen and oxygen atoms in total. The molecule has 0 saturated carbocycles. The summed E-state index contributed by atoms with van der Waals surface area (Å²) in [5.74, 6) is 1.64. The average molecular weight is 497 g/mol. The van der Waals surface area contributed by atoms with Gasteiger partial charge in [0.05, 0.1) is 27.6 Å². The number of nitro benzene ring substituents is 1. The number of nitro groups is 1. The number of carbonyl (C=O) groups excluding carboxylic acids is 1. The Bertz CT molecular complexity index is 1180. The van der Waals surface area contributed by atoms with E-state index in [1.165, 1.54) is 12.1 Å². The van der Waals surface area contributed by atoms with Crippen LogP contribution in [0.3, 0.4) is 0 Å². The third-order valence-electron chi connectivity index (χ3n) is 6.77. The molecule has 0 radical (unpaired) electrons. The minimum Gasteiger partial charge on any atom is -0.371 e. The van der Waals surface area contributed by atoms with Crippen molar-refractivity contribution in [2.24, 2.45) is 5.92 Å². The van der Waals surface area contributed by atoms with E-state index in [0.717, 1.165) is 36.5 Å². The second kappa shape index (κ2) is 10.1. The molecule has 2 fully saturated rings. The molecule has 2 aliphatic heterocycles. The Balaban J connectivity index is 1.25. The van der Waals surface area contributed by atoms with Crippen molar-refractivity contribution < 1.29 is 14.2 Å². The van der Waals surface area contributed by atoms with Crippen LogP contribution in [0.25, 0.3) is 10.7 Å². The number of rotatable bonds is 6. The van der Waals surface area contributed by atoms with E-state index in [2.05, 4.69) is 26.9 Å². The molecule has 0 unspecified atom stereocenters. The second-order valence-electron chi connectivity index (χ2n) is 9.19. The molecule has 11 heteroatoms. The monoisotopic (exact) mass is 496 g/mol. The minimum absolute atomic E-state index is 0.0564. The van der Waals surface area contributed by atoms with Crippen LogP contribution < -0.4 is 4.90 Å². The van der Waals surface area contributed by atoms with Gasteiger partial charge >= 0.3 is 0 Å². The lowest BCUT2D eigenvalue weighted by molar-refractivity contribution is -0.384. The lowest BCUT2D eigenvalue weighted by Gasteiger charge is -2.36. The van der Waals surface area contributed by atoms with Gasteiger partial charge in [-0.1, -0.05) is 18.1 Å². The maximum Gasteiger partial charge on any atom is 0.270 e. The van der Waals surface area contributed by atoms with Gasteiger partial charge in [0, 0.05) is 51.4 Å². The van der Waals surface area contributed by atoms with E-state index in [1.807, 2.05) is 17.5 Å². The van der Waals surface area contributed by atoms with Gasteiger partial charge in [-0.3, -0.25) is 19.8 Å². The minimum atomic E-state index is -0.439. The fraction of sp³-hybridized carbons (Fsp3) is 0.458. The summed E-state index contributed by atoms with van der Waals surface area (Å²) in [5, 5.41) is 17.5. The van der Waals surface area contributed by atoms with Crippen LogP contribution in [-0.2, 0) is 6.54 Å². The van der Waals surface area contributed by atoms with Crippen molar-refractivity contribution in [1.29, 1.82) is 0 Å². The molecule has 5 rings (SSSR count). The van der Waals surface area contributed by atoms with Gasteiger partial charge in [0.25, 0.3) is 11.6 Å². The molecule has 184 valence electrons. The number of piperazine rings is 1. The Morgan fingerprint density at radius 3 is 2.63 bits per heavy atom. The zero-order chi connectivity index (χ0) is 24.4. The average Bonchev–Trinajstić information content (AvgIpc) is 3.57. The Morgan fingerprint density at radius 1 is 1.17 bits per heavy atom. The number of anilines is 1. The van der Waals surface area contributed by atoms with Crippen molar-refractivity contribution >= 4 is 28.6 Å². The van der Waals surface area contributed by atoms with E-state index in [1.54, 1.807) is 22.3 Å². The molecule has 4 heterocycles. The highest BCUT2D eigenvalue weighted by Gasteiger charge is 2.29. The molecule has 3 aromatic rings. The number of hydrogen-bond donors (Lipinski definition) is 0. The van der Waals surface area contributed by atoms with E-state index in [4.69, 9.17) is 4.52 Å². The molecule has 1 amide bonds. The van der Waals surface area contributed by atoms with Gasteiger partial charge in [-0.2, -0.15) is 4.98 Å². The lowest BCUT2D eigenvalue weighted by Crippen LogP contribution is -2.48. The second-order valence-corrected chi connectivity index (χ2v) is 10.1. The Hall–Kier alpha value is -3.31. The highest BCUT2D eigenvalue weighted by molar-refractivity contribution is 7.13. The van der Waals surface area contributed by atoms with Crippen LogP contribution in [0.5, 0.6) is 0 Å². The maximum absolute atomic E-state index is 13.5. The van der Waals surface area contributed by atoms with Crippen molar-refractivity contribution in [2.75, 3.05) is 44.2 Å². The van der Waals surface area contributed by atoms with Crippen LogP contribution in [0.4, 0.5) is 11.4 Å². The predicted molar refractivity (Wildman–Crippen MR) is 132 cm³/mol. The van der Waals surface area contributed by atoms with Gasteiger partial charge in [0.2, 0.25) is 11.7 Å². The topological polar surface area (TPSA) is 109 Å². The quantitative estimate of drug-likeness (QED) is 0.373. The fourth-order valence-corrected chi connectivity index (χ4v) is 5.28. The van der Waals surface area contributed by atoms with Gasteiger partial charge in [0.1, 0.15) is 0 Å². The summed E-state index contributed by atoms with van der Waals surface area (Å²) in [6, 6.07) is 8.57. The number of thiophene rings is 1. The van der Waals surface area contributed by atoms with Crippen LogP contribution in [0.1, 0.15) is 36.0 Å². The van der Waals surface area contributed by atoms with E-state index in [-0.39, 0.29) is 11.6 Å². The van der Waals surface area contributed by atoms with Crippen LogP contribution in [0.2, 0.25) is 0 Å². The van der Waals surface area contributed by atoms with E-state index >= 15 is 0 Å². The van der Waals surface area contributed by atoms with Crippen LogP contribution >= 0.6 is 11.3 Å². The van der Waals surface area contributed by atoms with Gasteiger partial charge in [-0.25, -0.2) is 0 Å². The number of amides is 1. The largest absolute Gasteiger partial charge is 0.371 e. The molecule has 0 spiro atoms. The highest BCUT2D eigenvalue weighted by atomic mass is 32.1. The zero-order valence-corrected chi connectivity index (χ0v) is 20.4. The van der Waals surface area contributed by atoms with Crippen LogP contribution in [0, 0.1) is 16.0 Å². The number of piperidine rings is 1. The van der Waals surface area contributed by atoms with Crippen LogP contribution in [-0.4, -0.2) is 70.0 Å². The lowest BCUT2D eigenvalue weighted by atomic mass is 9.97. The van der Waals surface area contributed by atoms with Gasteiger partial charge in [-0.05, 0) is 36.3 Å². The van der Waals surface area contributed by atoms with Crippen molar-refractivity contribution in [3.05, 3.63) is 57.3 Å². The summed E-state index contributed by atoms with van der Waals surface area (Å²) in [5.41, 5.74) is 1.15.